The molecule has 0 aliphatic heterocycles. The Bertz CT molecular complexity index is 784. The van der Waals surface area contributed by atoms with Gasteiger partial charge in [0, 0.05) is 5.92 Å². The topological polar surface area (TPSA) is 96.2 Å². The maximum absolute atomic E-state index is 10.7. The van der Waals surface area contributed by atoms with Crippen molar-refractivity contribution in [1.29, 1.82) is 0 Å². The lowest BCUT2D eigenvalue weighted by molar-refractivity contribution is -0.142. The molecular weight excluding hydrogens is 396 g/mol. The van der Waals surface area contributed by atoms with Crippen LogP contribution in [0, 0.1) is 17.8 Å². The summed E-state index contributed by atoms with van der Waals surface area (Å²) in [6.45, 7) is 3.84. The second kappa shape index (κ2) is 10.4. The van der Waals surface area contributed by atoms with Crippen LogP contribution in [0.5, 0.6) is 5.75 Å². The average molecular weight is 431 g/mol. The first-order valence-electron chi connectivity index (χ1n) is 11.0. The number of hydrogen-bond donors (Lipinski definition) is 3. The molecule has 3 rings (SSSR count). The third-order valence-corrected chi connectivity index (χ3v) is 6.40. The van der Waals surface area contributed by atoms with E-state index in [2.05, 4.69) is 6.08 Å². The summed E-state index contributed by atoms with van der Waals surface area (Å²) in [4.78, 5) is 10.5. The third kappa shape index (κ3) is 6.42. The molecule has 2 aliphatic rings. The Hall–Kier alpha value is -2.15. The first kappa shape index (κ1) is 23.5. The van der Waals surface area contributed by atoms with Crippen LogP contribution in [0.1, 0.15) is 39.5 Å². The number of para-hydroxylation sites is 1. The van der Waals surface area contributed by atoms with Crippen molar-refractivity contribution in [3.63, 3.8) is 0 Å². The van der Waals surface area contributed by atoms with E-state index in [1.165, 1.54) is 5.57 Å². The highest BCUT2D eigenvalue weighted by Gasteiger charge is 2.41. The fourth-order valence-corrected chi connectivity index (χ4v) is 4.68. The number of carboxylic acid groups (broad SMARTS) is 1. The first-order chi connectivity index (χ1) is 14.8. The molecule has 0 amide bonds. The molecular formula is C25H34O6. The van der Waals surface area contributed by atoms with Crippen molar-refractivity contribution in [2.75, 3.05) is 13.2 Å². The third-order valence-electron chi connectivity index (χ3n) is 6.40. The zero-order chi connectivity index (χ0) is 22.4. The number of allylic oxidation sites excluding steroid dienone is 1. The van der Waals surface area contributed by atoms with Gasteiger partial charge in [-0.2, -0.15) is 0 Å². The zero-order valence-electron chi connectivity index (χ0n) is 18.3. The lowest BCUT2D eigenvalue weighted by Gasteiger charge is -2.31. The minimum Gasteiger partial charge on any atom is -0.485 e. The summed E-state index contributed by atoms with van der Waals surface area (Å²) >= 11 is 0. The van der Waals surface area contributed by atoms with Crippen molar-refractivity contribution in [3.05, 3.63) is 54.1 Å². The second-order valence-corrected chi connectivity index (χ2v) is 9.12. The molecule has 3 N–H and O–H groups in total. The molecule has 5 atom stereocenters. The van der Waals surface area contributed by atoms with Gasteiger partial charge in [-0.3, -0.25) is 0 Å². The molecule has 6 heteroatoms. The first-order valence-corrected chi connectivity index (χ1v) is 11.0. The highest BCUT2D eigenvalue weighted by molar-refractivity contribution is 5.67. The van der Waals surface area contributed by atoms with E-state index in [1.54, 1.807) is 6.08 Å². The minimum atomic E-state index is -0.953. The van der Waals surface area contributed by atoms with E-state index in [1.807, 2.05) is 50.3 Å². The molecule has 0 heterocycles. The molecule has 0 saturated heterocycles. The Kier molecular flexibility index (Phi) is 7.92. The number of rotatable bonds is 10. The Labute approximate surface area is 184 Å². The number of fused-ring (bicyclic) bond motifs is 1. The summed E-state index contributed by atoms with van der Waals surface area (Å²) in [6, 6.07) is 9.43. The molecule has 0 aromatic heterocycles. The van der Waals surface area contributed by atoms with E-state index in [0.717, 1.165) is 19.3 Å². The SMILES string of the molecule is CC(C)(Oc1ccccc1)[C@H](O)/C=C/[C@@H]1[C@@H]2CCC(CCOCC(=O)O)=C[C@@H]2C[C@@H]1O. The van der Waals surface area contributed by atoms with Crippen LogP contribution in [-0.2, 0) is 9.53 Å². The van der Waals surface area contributed by atoms with Gasteiger partial charge in [0.25, 0.3) is 0 Å². The number of benzene rings is 1. The quantitative estimate of drug-likeness (QED) is 0.388. The molecule has 0 bridgehead atoms. The summed E-state index contributed by atoms with van der Waals surface area (Å²) in [5.41, 5.74) is 0.483. The molecule has 0 radical (unpaired) electrons. The van der Waals surface area contributed by atoms with E-state index in [9.17, 15) is 15.0 Å². The van der Waals surface area contributed by atoms with Gasteiger partial charge in [-0.15, -0.1) is 0 Å². The van der Waals surface area contributed by atoms with E-state index < -0.39 is 23.8 Å². The van der Waals surface area contributed by atoms with Crippen LogP contribution >= 0.6 is 0 Å². The van der Waals surface area contributed by atoms with Crippen LogP contribution in [0.2, 0.25) is 0 Å². The van der Waals surface area contributed by atoms with Gasteiger partial charge in [0.15, 0.2) is 0 Å². The van der Waals surface area contributed by atoms with Gasteiger partial charge in [0.2, 0.25) is 0 Å². The number of hydrogen-bond acceptors (Lipinski definition) is 5. The Morgan fingerprint density at radius 2 is 2.03 bits per heavy atom. The molecule has 1 saturated carbocycles. The number of aliphatic hydroxyl groups excluding tert-OH is 2. The van der Waals surface area contributed by atoms with Gasteiger partial charge in [0.05, 0.1) is 12.7 Å². The van der Waals surface area contributed by atoms with Crippen molar-refractivity contribution in [3.8, 4) is 5.75 Å². The van der Waals surface area contributed by atoms with Crippen molar-refractivity contribution in [1.82, 2.24) is 0 Å². The number of aliphatic hydroxyl groups is 2. The lowest BCUT2D eigenvalue weighted by atomic mass is 9.78. The van der Waals surface area contributed by atoms with Crippen molar-refractivity contribution >= 4 is 5.97 Å². The Balaban J connectivity index is 1.56. The largest absolute Gasteiger partial charge is 0.485 e. The highest BCUT2D eigenvalue weighted by atomic mass is 16.5. The monoisotopic (exact) mass is 430 g/mol. The van der Waals surface area contributed by atoms with Crippen LogP contribution < -0.4 is 4.74 Å². The normalized spacial score (nSPS) is 27.0. The summed E-state index contributed by atoms with van der Waals surface area (Å²) in [5, 5.41) is 30.0. The van der Waals surface area contributed by atoms with Crippen LogP contribution in [0.15, 0.2) is 54.1 Å². The molecule has 6 nitrogen and oxygen atoms in total. The van der Waals surface area contributed by atoms with Crippen LogP contribution in [0.25, 0.3) is 0 Å². The standard InChI is InChI=1S/C25H34O6/c1-25(2,31-19-6-4-3-5-7-19)23(27)11-10-21-20-9-8-17(12-13-30-16-24(28)29)14-18(20)15-22(21)26/h3-7,10-11,14,18,20-23,26-27H,8-9,12-13,15-16H2,1-2H3,(H,28,29)/b11-10+/t18-,20-,21-,22+,23-/m1/s1. The average Bonchev–Trinajstić information content (AvgIpc) is 3.03. The molecule has 1 aromatic rings. The molecule has 2 aliphatic carbocycles. The Morgan fingerprint density at radius 3 is 2.74 bits per heavy atom. The predicted molar refractivity (Wildman–Crippen MR) is 118 cm³/mol. The van der Waals surface area contributed by atoms with E-state index in [-0.39, 0.29) is 12.5 Å². The predicted octanol–water partition coefficient (Wildman–Crippen LogP) is 3.59. The van der Waals surface area contributed by atoms with Crippen LogP contribution in [0.3, 0.4) is 0 Å². The summed E-state index contributed by atoms with van der Waals surface area (Å²) in [7, 11) is 0. The van der Waals surface area contributed by atoms with E-state index in [4.69, 9.17) is 14.6 Å². The van der Waals surface area contributed by atoms with Gasteiger partial charge in [-0.1, -0.05) is 42.0 Å². The highest BCUT2D eigenvalue weighted by Crippen LogP contribution is 2.46. The minimum absolute atomic E-state index is 0.00763. The maximum atomic E-state index is 10.7. The van der Waals surface area contributed by atoms with Gasteiger partial charge in [-0.25, -0.2) is 4.79 Å². The lowest BCUT2D eigenvalue weighted by Crippen LogP contribution is -2.41. The van der Waals surface area contributed by atoms with Crippen molar-refractivity contribution in [2.24, 2.45) is 17.8 Å². The number of ether oxygens (including phenoxy) is 2. The number of aliphatic carboxylic acids is 1. The van der Waals surface area contributed by atoms with E-state index >= 15 is 0 Å². The molecule has 1 aromatic carbocycles. The van der Waals surface area contributed by atoms with Gasteiger partial charge < -0.3 is 24.8 Å². The van der Waals surface area contributed by atoms with Crippen molar-refractivity contribution < 1.29 is 29.6 Å². The molecule has 31 heavy (non-hydrogen) atoms. The molecule has 1 fully saturated rings. The molecule has 170 valence electrons. The zero-order valence-corrected chi connectivity index (χ0v) is 18.3. The van der Waals surface area contributed by atoms with Crippen LogP contribution in [0.4, 0.5) is 0 Å². The smallest absolute Gasteiger partial charge is 0.329 e. The number of carboxylic acids is 1. The molecule has 0 unspecified atom stereocenters. The summed E-state index contributed by atoms with van der Waals surface area (Å²) < 4.78 is 11.1. The van der Waals surface area contributed by atoms with Gasteiger partial charge in [-0.05, 0) is 63.5 Å². The van der Waals surface area contributed by atoms with Gasteiger partial charge in [0.1, 0.15) is 24.1 Å². The van der Waals surface area contributed by atoms with E-state index in [0.29, 0.717) is 30.6 Å². The fourth-order valence-electron chi connectivity index (χ4n) is 4.68. The second-order valence-electron chi connectivity index (χ2n) is 9.12. The maximum Gasteiger partial charge on any atom is 0.329 e. The van der Waals surface area contributed by atoms with Crippen molar-refractivity contribution in [2.45, 2.75) is 57.3 Å². The summed E-state index contributed by atoms with van der Waals surface area (Å²) in [5.74, 6) is 0.413. The summed E-state index contributed by atoms with van der Waals surface area (Å²) in [6.07, 6.45) is 8.07. The fraction of sp³-hybridized carbons (Fsp3) is 0.560. The number of carbonyl (C=O) groups is 1. The Morgan fingerprint density at radius 1 is 1.29 bits per heavy atom. The molecule has 0 spiro atoms. The van der Waals surface area contributed by atoms with Crippen LogP contribution in [-0.4, -0.2) is 52.3 Å². The van der Waals surface area contributed by atoms with Gasteiger partial charge >= 0.3 is 5.97 Å².